The molecule has 1 aromatic heterocycles. The van der Waals surface area contributed by atoms with Crippen LogP contribution in [-0.2, 0) is 12.8 Å². The fourth-order valence-electron chi connectivity index (χ4n) is 2.77. The molecule has 0 saturated carbocycles. The van der Waals surface area contributed by atoms with Crippen molar-refractivity contribution < 1.29 is 4.52 Å². The lowest BCUT2D eigenvalue weighted by Crippen LogP contribution is -2.32. The monoisotopic (exact) mass is 271 g/mol. The van der Waals surface area contributed by atoms with E-state index in [0.29, 0.717) is 5.89 Å². The third kappa shape index (κ3) is 2.75. The molecule has 0 saturated heterocycles. The first kappa shape index (κ1) is 13.3. The number of nitrogens with zero attached hydrogens (tertiary/aromatic N) is 2. The molecular formula is C16H21N3O. The minimum atomic E-state index is -0.200. The Kier molecular flexibility index (Phi) is 3.34. The van der Waals surface area contributed by atoms with Crippen LogP contribution in [0.3, 0.4) is 0 Å². The number of benzene rings is 1. The molecule has 0 radical (unpaired) electrons. The molecule has 3 rings (SSSR count). The van der Waals surface area contributed by atoms with Gasteiger partial charge in [0, 0.05) is 17.9 Å². The van der Waals surface area contributed by atoms with E-state index in [4.69, 9.17) is 10.3 Å². The van der Waals surface area contributed by atoms with Crippen molar-refractivity contribution in [3.8, 4) is 0 Å². The smallest absolute Gasteiger partial charge is 0.226 e. The number of aromatic nitrogens is 2. The Morgan fingerprint density at radius 2 is 2.15 bits per heavy atom. The van der Waals surface area contributed by atoms with Gasteiger partial charge in [0.25, 0.3) is 0 Å². The molecule has 0 amide bonds. The highest BCUT2D eigenvalue weighted by Gasteiger charge is 2.27. The van der Waals surface area contributed by atoms with Crippen LogP contribution in [0.15, 0.2) is 28.8 Å². The summed E-state index contributed by atoms with van der Waals surface area (Å²) in [6.45, 7) is 4.02. The fourth-order valence-corrected chi connectivity index (χ4v) is 2.77. The number of hydrogen-bond donors (Lipinski definition) is 1. The van der Waals surface area contributed by atoms with Gasteiger partial charge in [0.1, 0.15) is 0 Å². The van der Waals surface area contributed by atoms with Gasteiger partial charge in [0.15, 0.2) is 5.82 Å². The fraction of sp³-hybridized carbons (Fsp3) is 0.500. The maximum atomic E-state index is 5.99. The second kappa shape index (κ2) is 5.02. The molecule has 1 aliphatic carbocycles. The normalized spacial score (nSPS) is 18.2. The van der Waals surface area contributed by atoms with Crippen molar-refractivity contribution in [1.82, 2.24) is 10.1 Å². The molecule has 1 atom stereocenters. The molecule has 1 unspecified atom stereocenters. The van der Waals surface area contributed by atoms with Crippen LogP contribution in [-0.4, -0.2) is 15.7 Å². The Labute approximate surface area is 119 Å². The molecular weight excluding hydrogens is 250 g/mol. The molecule has 20 heavy (non-hydrogen) atoms. The van der Waals surface area contributed by atoms with Crippen LogP contribution >= 0.6 is 0 Å². The first-order valence-electron chi connectivity index (χ1n) is 7.22. The van der Waals surface area contributed by atoms with Gasteiger partial charge in [-0.05, 0) is 44.2 Å². The van der Waals surface area contributed by atoms with Gasteiger partial charge in [0.05, 0.1) is 0 Å². The highest BCUT2D eigenvalue weighted by atomic mass is 16.5. The SMILES string of the molecule is CC(C)(N)CCc1nc(C2CCc3ccccc32)no1. The summed E-state index contributed by atoms with van der Waals surface area (Å²) in [7, 11) is 0. The van der Waals surface area contributed by atoms with Crippen molar-refractivity contribution in [2.45, 2.75) is 51.0 Å². The molecule has 106 valence electrons. The minimum Gasteiger partial charge on any atom is -0.339 e. The van der Waals surface area contributed by atoms with E-state index < -0.39 is 0 Å². The topological polar surface area (TPSA) is 64.9 Å². The summed E-state index contributed by atoms with van der Waals surface area (Å²) in [5.74, 6) is 1.80. The third-order valence-corrected chi connectivity index (χ3v) is 3.91. The lowest BCUT2D eigenvalue weighted by molar-refractivity contribution is 0.353. The summed E-state index contributed by atoms with van der Waals surface area (Å²) in [6.07, 6.45) is 3.75. The van der Waals surface area contributed by atoms with E-state index in [1.807, 2.05) is 13.8 Å². The molecule has 1 aromatic carbocycles. The Morgan fingerprint density at radius 1 is 1.35 bits per heavy atom. The van der Waals surface area contributed by atoms with Gasteiger partial charge in [-0.25, -0.2) is 0 Å². The van der Waals surface area contributed by atoms with Crippen molar-refractivity contribution in [3.05, 3.63) is 47.1 Å². The van der Waals surface area contributed by atoms with E-state index in [1.54, 1.807) is 0 Å². The zero-order valence-corrected chi connectivity index (χ0v) is 12.1. The van der Waals surface area contributed by atoms with E-state index in [2.05, 4.69) is 34.4 Å². The quantitative estimate of drug-likeness (QED) is 0.928. The van der Waals surface area contributed by atoms with Crippen LogP contribution in [0.1, 0.15) is 55.4 Å². The largest absolute Gasteiger partial charge is 0.339 e. The van der Waals surface area contributed by atoms with Gasteiger partial charge >= 0.3 is 0 Å². The summed E-state index contributed by atoms with van der Waals surface area (Å²) >= 11 is 0. The number of nitrogens with two attached hydrogens (primary N) is 1. The van der Waals surface area contributed by atoms with Crippen molar-refractivity contribution in [3.63, 3.8) is 0 Å². The molecule has 4 nitrogen and oxygen atoms in total. The van der Waals surface area contributed by atoms with Crippen molar-refractivity contribution >= 4 is 0 Å². The zero-order chi connectivity index (χ0) is 14.2. The van der Waals surface area contributed by atoms with Crippen LogP contribution in [0.4, 0.5) is 0 Å². The molecule has 0 aliphatic heterocycles. The molecule has 1 aliphatic rings. The summed E-state index contributed by atoms with van der Waals surface area (Å²) in [5, 5.41) is 4.17. The van der Waals surface area contributed by atoms with E-state index >= 15 is 0 Å². The molecule has 4 heteroatoms. The van der Waals surface area contributed by atoms with Gasteiger partial charge in [0.2, 0.25) is 5.89 Å². The lowest BCUT2D eigenvalue weighted by atomic mass is 10.00. The minimum absolute atomic E-state index is 0.200. The molecule has 1 heterocycles. The molecule has 0 fully saturated rings. The van der Waals surface area contributed by atoms with E-state index in [9.17, 15) is 0 Å². The maximum absolute atomic E-state index is 5.99. The van der Waals surface area contributed by atoms with Crippen LogP contribution < -0.4 is 5.73 Å². The Hall–Kier alpha value is -1.68. The van der Waals surface area contributed by atoms with Crippen LogP contribution in [0.25, 0.3) is 0 Å². The molecule has 2 aromatic rings. The summed E-state index contributed by atoms with van der Waals surface area (Å²) < 4.78 is 5.37. The molecule has 2 N–H and O–H groups in total. The summed E-state index contributed by atoms with van der Waals surface area (Å²) in [6, 6.07) is 8.53. The van der Waals surface area contributed by atoms with Gasteiger partial charge < -0.3 is 10.3 Å². The molecule has 0 bridgehead atoms. The second-order valence-electron chi connectivity index (χ2n) is 6.32. The van der Waals surface area contributed by atoms with Gasteiger partial charge in [-0.15, -0.1) is 0 Å². The van der Waals surface area contributed by atoms with E-state index in [1.165, 1.54) is 11.1 Å². The number of rotatable bonds is 4. The highest BCUT2D eigenvalue weighted by Crippen LogP contribution is 2.36. The number of fused-ring (bicyclic) bond motifs is 1. The van der Waals surface area contributed by atoms with Crippen LogP contribution in [0.5, 0.6) is 0 Å². The van der Waals surface area contributed by atoms with Crippen molar-refractivity contribution in [2.75, 3.05) is 0 Å². The predicted octanol–water partition coefficient (Wildman–Crippen LogP) is 2.82. The lowest BCUT2D eigenvalue weighted by Gasteiger charge is -2.16. The van der Waals surface area contributed by atoms with Gasteiger partial charge in [-0.3, -0.25) is 0 Å². The average Bonchev–Trinajstić information content (AvgIpc) is 3.01. The average molecular weight is 271 g/mol. The van der Waals surface area contributed by atoms with Crippen molar-refractivity contribution in [2.24, 2.45) is 5.73 Å². The van der Waals surface area contributed by atoms with Gasteiger partial charge in [-0.1, -0.05) is 29.4 Å². The van der Waals surface area contributed by atoms with E-state index in [0.717, 1.165) is 31.5 Å². The first-order chi connectivity index (χ1) is 9.53. The number of aryl methyl sites for hydroxylation is 2. The summed E-state index contributed by atoms with van der Waals surface area (Å²) in [5.41, 5.74) is 8.54. The maximum Gasteiger partial charge on any atom is 0.226 e. The Morgan fingerprint density at radius 3 is 2.95 bits per heavy atom. The Bertz CT molecular complexity index is 598. The number of hydrogen-bond acceptors (Lipinski definition) is 4. The zero-order valence-electron chi connectivity index (χ0n) is 12.1. The summed E-state index contributed by atoms with van der Waals surface area (Å²) in [4.78, 5) is 4.56. The first-order valence-corrected chi connectivity index (χ1v) is 7.22. The van der Waals surface area contributed by atoms with Gasteiger partial charge in [-0.2, -0.15) is 4.98 Å². The second-order valence-corrected chi connectivity index (χ2v) is 6.32. The standard InChI is InChI=1S/C16H21N3O/c1-16(2,17)10-9-14-18-15(19-20-14)13-8-7-11-5-3-4-6-12(11)13/h3-6,13H,7-10,17H2,1-2H3. The molecule has 0 spiro atoms. The van der Waals surface area contributed by atoms with E-state index in [-0.39, 0.29) is 11.5 Å². The predicted molar refractivity (Wildman–Crippen MR) is 77.5 cm³/mol. The van der Waals surface area contributed by atoms with Crippen molar-refractivity contribution in [1.29, 1.82) is 0 Å². The Balaban J connectivity index is 1.75. The van der Waals surface area contributed by atoms with Crippen LogP contribution in [0, 0.1) is 0 Å². The van der Waals surface area contributed by atoms with Crippen LogP contribution in [0.2, 0.25) is 0 Å². The third-order valence-electron chi connectivity index (χ3n) is 3.91. The highest BCUT2D eigenvalue weighted by molar-refractivity contribution is 5.38.